The molecule has 2 aliphatic heterocycles. The molecular weight excluding hydrogens is 430 g/mol. The average molecular weight is 462 g/mol. The number of aromatic amines is 2. The minimum absolute atomic E-state index is 0.160. The number of hydrogen-bond donors (Lipinski definition) is 3. The van der Waals surface area contributed by atoms with Gasteiger partial charge in [0.15, 0.2) is 5.79 Å². The van der Waals surface area contributed by atoms with Gasteiger partial charge in [-0.2, -0.15) is 5.10 Å². The van der Waals surface area contributed by atoms with E-state index in [2.05, 4.69) is 34.3 Å². The number of ether oxygens (including phenoxy) is 3. The average Bonchev–Trinajstić information content (AvgIpc) is 3.31. The highest BCUT2D eigenvalue weighted by atomic mass is 16.8. The summed E-state index contributed by atoms with van der Waals surface area (Å²) in [4.78, 5) is 39.2. The first-order valence-corrected chi connectivity index (χ1v) is 11.2. The predicted molar refractivity (Wildman–Crippen MR) is 118 cm³/mol. The molecule has 2 fully saturated rings. The molecule has 4 atom stereocenters. The van der Waals surface area contributed by atoms with Gasteiger partial charge in [0.05, 0.1) is 12.6 Å². The second-order valence-electron chi connectivity index (χ2n) is 9.57. The van der Waals surface area contributed by atoms with Gasteiger partial charge in [0.1, 0.15) is 24.0 Å². The molecule has 0 spiro atoms. The number of rotatable bonds is 6. The second-order valence-corrected chi connectivity index (χ2v) is 9.57. The van der Waals surface area contributed by atoms with E-state index in [1.807, 2.05) is 0 Å². The molecule has 0 radical (unpaired) electrons. The van der Waals surface area contributed by atoms with Gasteiger partial charge in [-0.15, -0.1) is 0 Å². The minimum atomic E-state index is -0.891. The number of nitrogens with zero attached hydrogens (tertiary/aromatic N) is 2. The Morgan fingerprint density at radius 3 is 2.76 bits per heavy atom. The molecule has 2 aliphatic rings. The number of carbonyl (C=O) groups excluding carboxylic acids is 1. The highest BCUT2D eigenvalue weighted by Crippen LogP contribution is 2.39. The molecule has 4 heterocycles. The van der Waals surface area contributed by atoms with Gasteiger partial charge in [0.2, 0.25) is 0 Å². The van der Waals surface area contributed by atoms with Crippen LogP contribution in [0.15, 0.2) is 21.9 Å². The van der Waals surface area contributed by atoms with Crippen molar-refractivity contribution in [3.05, 3.63) is 50.1 Å². The summed E-state index contributed by atoms with van der Waals surface area (Å²) < 4.78 is 19.7. The lowest BCUT2D eigenvalue weighted by Crippen LogP contribution is -2.54. The Kier molecular flexibility index (Phi) is 6.30. The topological polar surface area (TPSA) is 140 Å². The van der Waals surface area contributed by atoms with Gasteiger partial charge in [-0.25, -0.2) is 4.79 Å². The Morgan fingerprint density at radius 1 is 1.30 bits per heavy atom. The van der Waals surface area contributed by atoms with Crippen molar-refractivity contribution in [1.82, 2.24) is 25.1 Å². The zero-order valence-electron chi connectivity index (χ0n) is 19.5. The van der Waals surface area contributed by atoms with Gasteiger partial charge < -0.3 is 19.5 Å². The molecule has 4 rings (SSSR count). The number of fused-ring (bicyclic) bond motifs is 1. The monoisotopic (exact) mass is 461 g/mol. The van der Waals surface area contributed by atoms with E-state index < -0.39 is 41.4 Å². The van der Waals surface area contributed by atoms with E-state index in [9.17, 15) is 14.4 Å². The summed E-state index contributed by atoms with van der Waals surface area (Å²) in [5.74, 6) is -0.754. The van der Waals surface area contributed by atoms with Gasteiger partial charge in [-0.3, -0.25) is 24.2 Å². The van der Waals surface area contributed by atoms with Crippen LogP contribution in [0.5, 0.6) is 0 Å². The first-order valence-electron chi connectivity index (χ1n) is 11.2. The Bertz CT molecular complexity index is 1130. The van der Waals surface area contributed by atoms with Crippen LogP contribution in [0.4, 0.5) is 0 Å². The maximum absolute atomic E-state index is 12.6. The molecule has 2 aromatic rings. The molecule has 3 N–H and O–H groups in total. The van der Waals surface area contributed by atoms with E-state index in [0.717, 1.165) is 12.1 Å². The summed E-state index contributed by atoms with van der Waals surface area (Å²) >= 11 is 0. The van der Waals surface area contributed by atoms with Crippen LogP contribution in [0, 0.1) is 12.8 Å². The van der Waals surface area contributed by atoms with Gasteiger partial charge >= 0.3 is 5.69 Å². The van der Waals surface area contributed by atoms with Crippen molar-refractivity contribution in [3.8, 4) is 0 Å². The lowest BCUT2D eigenvalue weighted by Gasteiger charge is -2.37. The summed E-state index contributed by atoms with van der Waals surface area (Å²) in [6.45, 7) is 9.76. The zero-order chi connectivity index (χ0) is 23.9. The van der Waals surface area contributed by atoms with E-state index >= 15 is 0 Å². The largest absolute Gasteiger partial charge is 0.371 e. The molecule has 0 unspecified atom stereocenters. The van der Waals surface area contributed by atoms with Crippen molar-refractivity contribution in [2.24, 2.45) is 5.92 Å². The number of amides is 1. The van der Waals surface area contributed by atoms with Crippen LogP contribution in [-0.4, -0.2) is 62.9 Å². The van der Waals surface area contributed by atoms with Crippen LogP contribution >= 0.6 is 0 Å². The lowest BCUT2D eigenvalue weighted by atomic mass is 9.97. The van der Waals surface area contributed by atoms with Crippen molar-refractivity contribution in [2.75, 3.05) is 13.2 Å². The molecule has 0 aliphatic carbocycles. The Labute approximate surface area is 190 Å². The van der Waals surface area contributed by atoms with E-state index in [1.54, 1.807) is 26.8 Å². The van der Waals surface area contributed by atoms with Crippen LogP contribution in [-0.2, 0) is 20.6 Å². The zero-order valence-corrected chi connectivity index (χ0v) is 19.5. The van der Waals surface area contributed by atoms with Crippen LogP contribution < -0.4 is 16.6 Å². The molecule has 2 saturated heterocycles. The first kappa shape index (κ1) is 23.4. The van der Waals surface area contributed by atoms with Crippen LogP contribution in [0.1, 0.15) is 55.5 Å². The van der Waals surface area contributed by atoms with Crippen LogP contribution in [0.2, 0.25) is 0 Å². The minimum Gasteiger partial charge on any atom is -0.371 e. The number of carbonyl (C=O) groups is 1. The van der Waals surface area contributed by atoms with Gasteiger partial charge in [-0.05, 0) is 39.2 Å². The summed E-state index contributed by atoms with van der Waals surface area (Å²) in [7, 11) is 0. The number of nitrogens with one attached hydrogen (secondary N) is 3. The van der Waals surface area contributed by atoms with E-state index in [4.69, 9.17) is 14.2 Å². The fourth-order valence-corrected chi connectivity index (χ4v) is 4.37. The molecule has 0 aromatic carbocycles. The highest BCUT2D eigenvalue weighted by molar-refractivity contribution is 5.92. The SMILES string of the molecule is Cc1cn([C@@H]2CO[C@H](CNC(=O)c3cc(CC(C)C)[nH]n3)[C@H]3OC(C)(C)O[C@H]32)c(=O)[nH]c1=O. The fraction of sp³-hybridized carbons (Fsp3) is 0.636. The van der Waals surface area contributed by atoms with Gasteiger partial charge in [-0.1, -0.05) is 13.8 Å². The Balaban J connectivity index is 1.48. The molecule has 1 amide bonds. The number of aryl methyl sites for hydroxylation is 1. The molecule has 11 nitrogen and oxygen atoms in total. The molecule has 2 aromatic heterocycles. The predicted octanol–water partition coefficient (Wildman–Crippen LogP) is 0.657. The van der Waals surface area contributed by atoms with Crippen LogP contribution in [0.3, 0.4) is 0 Å². The van der Waals surface area contributed by atoms with Crippen molar-refractivity contribution in [1.29, 1.82) is 0 Å². The Morgan fingerprint density at radius 2 is 2.03 bits per heavy atom. The maximum Gasteiger partial charge on any atom is 0.328 e. The summed E-state index contributed by atoms with van der Waals surface area (Å²) in [5, 5.41) is 9.86. The van der Waals surface area contributed by atoms with E-state index in [0.29, 0.717) is 17.2 Å². The number of H-pyrrole nitrogens is 2. The van der Waals surface area contributed by atoms with Crippen molar-refractivity contribution >= 4 is 5.91 Å². The number of aromatic nitrogens is 4. The summed E-state index contributed by atoms with van der Waals surface area (Å²) in [6, 6.07) is 1.26. The Hall–Kier alpha value is -2.76. The van der Waals surface area contributed by atoms with Crippen LogP contribution in [0.25, 0.3) is 0 Å². The van der Waals surface area contributed by atoms with Crippen molar-refractivity contribution in [3.63, 3.8) is 0 Å². The van der Waals surface area contributed by atoms with E-state index in [1.165, 1.54) is 10.8 Å². The quantitative estimate of drug-likeness (QED) is 0.574. The highest BCUT2D eigenvalue weighted by Gasteiger charge is 2.52. The molecular formula is C22H31N5O6. The van der Waals surface area contributed by atoms with Gasteiger partial charge in [0.25, 0.3) is 11.5 Å². The summed E-state index contributed by atoms with van der Waals surface area (Å²) in [5.41, 5.74) is 0.671. The molecule has 0 saturated carbocycles. The molecule has 11 heteroatoms. The standard InChI is InChI=1S/C22H31N5O6/c1-11(2)6-13-7-14(26-25-13)20(29)23-8-16-18-17(32-22(4,5)33-18)15(10-31-16)27-9-12(3)19(28)24-21(27)30/h7,9,11,15-18H,6,8,10H2,1-5H3,(H,23,29)(H,25,26)(H,24,28,30)/t15-,16-,17+,18-/m1/s1. The molecule has 33 heavy (non-hydrogen) atoms. The van der Waals surface area contributed by atoms with Gasteiger partial charge in [0, 0.05) is 24.0 Å². The third-order valence-electron chi connectivity index (χ3n) is 5.85. The fourth-order valence-electron chi connectivity index (χ4n) is 4.37. The second kappa shape index (κ2) is 8.88. The smallest absolute Gasteiger partial charge is 0.328 e. The normalized spacial score (nSPS) is 26.4. The molecule has 0 bridgehead atoms. The van der Waals surface area contributed by atoms with Crippen molar-refractivity contribution < 1.29 is 19.0 Å². The maximum atomic E-state index is 12.6. The third kappa shape index (κ3) is 4.94. The molecule has 180 valence electrons. The summed E-state index contributed by atoms with van der Waals surface area (Å²) in [6.07, 6.45) is 0.817. The first-order chi connectivity index (χ1) is 15.5. The number of hydrogen-bond acceptors (Lipinski definition) is 7. The van der Waals surface area contributed by atoms with E-state index in [-0.39, 0.29) is 19.1 Å². The lowest BCUT2D eigenvalue weighted by molar-refractivity contribution is -0.153. The van der Waals surface area contributed by atoms with Crippen molar-refractivity contribution in [2.45, 2.75) is 71.2 Å². The third-order valence-corrected chi connectivity index (χ3v) is 5.85.